The third-order valence-electron chi connectivity index (χ3n) is 3.23. The number of nitrogens with one attached hydrogen (secondary N) is 1. The summed E-state index contributed by atoms with van der Waals surface area (Å²) in [6, 6.07) is 0.337. The van der Waals surface area contributed by atoms with E-state index in [1.807, 2.05) is 0 Å². The van der Waals surface area contributed by atoms with Crippen molar-refractivity contribution in [3.05, 3.63) is 10.6 Å². The number of carboxylic acid groups (broad SMARTS) is 1. The molecule has 0 radical (unpaired) electrons. The number of hydrogen-bond donors (Lipinski definition) is 2. The third kappa shape index (κ3) is 4.49. The van der Waals surface area contributed by atoms with Gasteiger partial charge in [-0.3, -0.25) is 9.59 Å². The summed E-state index contributed by atoms with van der Waals surface area (Å²) in [7, 11) is 0. The molecule has 2 N–H and O–H groups in total. The van der Waals surface area contributed by atoms with Gasteiger partial charge in [0, 0.05) is 10.9 Å². The molecule has 1 saturated carbocycles. The van der Waals surface area contributed by atoms with E-state index in [4.69, 9.17) is 5.11 Å². The van der Waals surface area contributed by atoms with Crippen molar-refractivity contribution in [2.45, 2.75) is 49.4 Å². The lowest BCUT2D eigenvalue weighted by Gasteiger charge is -2.10. The van der Waals surface area contributed by atoms with Crippen LogP contribution < -0.4 is 5.32 Å². The summed E-state index contributed by atoms with van der Waals surface area (Å²) in [5.41, 5.74) is 0.746. The highest BCUT2D eigenvalue weighted by molar-refractivity contribution is 8.01. The maximum atomic E-state index is 11.8. The van der Waals surface area contributed by atoms with Crippen LogP contribution in [0.15, 0.2) is 4.34 Å². The summed E-state index contributed by atoms with van der Waals surface area (Å²) in [4.78, 5) is 27.6. The van der Waals surface area contributed by atoms with Gasteiger partial charge in [0.25, 0.3) is 0 Å². The van der Waals surface area contributed by atoms with E-state index < -0.39 is 5.97 Å². The van der Waals surface area contributed by atoms with Crippen LogP contribution in [-0.2, 0) is 16.0 Å². The lowest BCUT2D eigenvalue weighted by molar-refractivity contribution is -0.136. The number of carbonyl (C=O) groups excluding carboxylic acids is 1. The van der Waals surface area contributed by atoms with Gasteiger partial charge in [-0.25, -0.2) is 4.98 Å². The molecule has 0 unspecified atom stereocenters. The molecule has 1 amide bonds. The van der Waals surface area contributed by atoms with Gasteiger partial charge in [-0.15, -0.1) is 11.3 Å². The minimum Gasteiger partial charge on any atom is -0.481 e. The van der Waals surface area contributed by atoms with E-state index >= 15 is 0 Å². The highest BCUT2D eigenvalue weighted by Gasteiger charge is 2.18. The smallest absolute Gasteiger partial charge is 0.308 e. The second kappa shape index (κ2) is 7.08. The number of aryl methyl sites for hydroxylation is 1. The average molecular weight is 314 g/mol. The first kappa shape index (κ1) is 15.3. The molecule has 1 aromatic rings. The Bertz CT molecular complexity index is 496. The first-order chi connectivity index (χ1) is 9.54. The molecule has 0 saturated heterocycles. The fourth-order valence-corrected chi connectivity index (χ4v) is 4.27. The minimum absolute atomic E-state index is 0.00166. The second-order valence-corrected chi connectivity index (χ2v) is 7.20. The molecule has 0 bridgehead atoms. The average Bonchev–Trinajstić information content (AvgIpc) is 2.97. The van der Waals surface area contributed by atoms with Crippen molar-refractivity contribution in [3.63, 3.8) is 0 Å². The van der Waals surface area contributed by atoms with Gasteiger partial charge < -0.3 is 10.4 Å². The van der Waals surface area contributed by atoms with Crippen LogP contribution in [-0.4, -0.2) is 33.8 Å². The molecule has 0 aromatic carbocycles. The first-order valence-corrected chi connectivity index (χ1v) is 8.45. The largest absolute Gasteiger partial charge is 0.481 e. The summed E-state index contributed by atoms with van der Waals surface area (Å²) in [5.74, 6) is -0.475. The molecule has 1 aromatic heterocycles. The zero-order valence-electron chi connectivity index (χ0n) is 11.3. The molecule has 0 spiro atoms. The molecular formula is C13H18N2O3S2. The molecule has 1 fully saturated rings. The highest BCUT2D eigenvalue weighted by Crippen LogP contribution is 2.27. The van der Waals surface area contributed by atoms with Crippen molar-refractivity contribution in [3.8, 4) is 0 Å². The Balaban J connectivity index is 1.81. The molecule has 7 heteroatoms. The van der Waals surface area contributed by atoms with Crippen LogP contribution in [0.2, 0.25) is 0 Å². The quantitative estimate of drug-likeness (QED) is 0.787. The molecule has 20 heavy (non-hydrogen) atoms. The summed E-state index contributed by atoms with van der Waals surface area (Å²) in [6.07, 6.45) is 4.55. The number of carbonyl (C=O) groups is 2. The number of rotatable bonds is 6. The predicted molar refractivity (Wildman–Crippen MR) is 79.3 cm³/mol. The van der Waals surface area contributed by atoms with Gasteiger partial charge in [0.15, 0.2) is 4.34 Å². The van der Waals surface area contributed by atoms with Crippen LogP contribution in [0.1, 0.15) is 36.3 Å². The van der Waals surface area contributed by atoms with Gasteiger partial charge in [-0.2, -0.15) is 0 Å². The molecule has 5 nitrogen and oxygen atoms in total. The van der Waals surface area contributed by atoms with Crippen LogP contribution in [0.5, 0.6) is 0 Å². The van der Waals surface area contributed by atoms with Gasteiger partial charge in [0.05, 0.1) is 17.9 Å². The molecule has 0 atom stereocenters. The molecule has 1 aliphatic carbocycles. The van der Waals surface area contributed by atoms with Crippen LogP contribution >= 0.6 is 23.1 Å². The SMILES string of the molecule is Cc1nc(SCC(=O)NC2CCCC2)sc1CC(=O)O. The van der Waals surface area contributed by atoms with Crippen LogP contribution in [0.4, 0.5) is 0 Å². The molecule has 1 aliphatic rings. The minimum atomic E-state index is -0.854. The van der Waals surface area contributed by atoms with Crippen LogP contribution in [0.3, 0.4) is 0 Å². The van der Waals surface area contributed by atoms with E-state index in [0.29, 0.717) is 11.8 Å². The summed E-state index contributed by atoms with van der Waals surface area (Å²) >= 11 is 2.74. The number of aromatic nitrogens is 1. The van der Waals surface area contributed by atoms with E-state index in [-0.39, 0.29) is 12.3 Å². The number of amides is 1. The number of thiazole rings is 1. The summed E-state index contributed by atoms with van der Waals surface area (Å²) in [6.45, 7) is 1.80. The Labute approximate surface area is 126 Å². The number of nitrogens with zero attached hydrogens (tertiary/aromatic N) is 1. The van der Waals surface area contributed by atoms with Crippen LogP contribution in [0.25, 0.3) is 0 Å². The zero-order valence-corrected chi connectivity index (χ0v) is 13.0. The Kier molecular flexibility index (Phi) is 5.42. The molecular weight excluding hydrogens is 296 g/mol. The Hall–Kier alpha value is -1.08. The molecule has 0 aliphatic heterocycles. The summed E-state index contributed by atoms with van der Waals surface area (Å²) < 4.78 is 0.764. The second-order valence-electron chi connectivity index (χ2n) is 4.90. The van der Waals surface area contributed by atoms with Crippen molar-refractivity contribution in [2.24, 2.45) is 0 Å². The van der Waals surface area contributed by atoms with Gasteiger partial charge in [0.2, 0.25) is 5.91 Å². The number of aliphatic carboxylic acids is 1. The van der Waals surface area contributed by atoms with Gasteiger partial charge in [-0.05, 0) is 19.8 Å². The Morgan fingerprint density at radius 2 is 2.15 bits per heavy atom. The van der Waals surface area contributed by atoms with Gasteiger partial charge in [-0.1, -0.05) is 24.6 Å². The molecule has 1 heterocycles. The third-order valence-corrected chi connectivity index (χ3v) is 5.53. The lowest BCUT2D eigenvalue weighted by Crippen LogP contribution is -2.33. The standard InChI is InChI=1S/C13H18N2O3S2/c1-8-10(6-12(17)18)20-13(14-8)19-7-11(16)15-9-4-2-3-5-9/h9H,2-7H2,1H3,(H,15,16)(H,17,18). The molecule has 2 rings (SSSR count). The lowest BCUT2D eigenvalue weighted by atomic mass is 10.2. The summed E-state index contributed by atoms with van der Waals surface area (Å²) in [5, 5.41) is 11.8. The first-order valence-electron chi connectivity index (χ1n) is 6.65. The van der Waals surface area contributed by atoms with E-state index in [9.17, 15) is 9.59 Å². The van der Waals surface area contributed by atoms with Crippen molar-refractivity contribution in [1.82, 2.24) is 10.3 Å². The number of thioether (sulfide) groups is 1. The topological polar surface area (TPSA) is 79.3 Å². The van der Waals surface area contributed by atoms with Crippen molar-refractivity contribution >= 4 is 35.0 Å². The van der Waals surface area contributed by atoms with E-state index in [0.717, 1.165) is 27.8 Å². The highest BCUT2D eigenvalue weighted by atomic mass is 32.2. The molecule has 110 valence electrons. The van der Waals surface area contributed by atoms with Crippen molar-refractivity contribution < 1.29 is 14.7 Å². The van der Waals surface area contributed by atoms with E-state index in [1.54, 1.807) is 6.92 Å². The fourth-order valence-electron chi connectivity index (χ4n) is 2.23. The zero-order chi connectivity index (χ0) is 14.5. The predicted octanol–water partition coefficient (Wildman–Crippen LogP) is 2.23. The van der Waals surface area contributed by atoms with E-state index in [2.05, 4.69) is 10.3 Å². The van der Waals surface area contributed by atoms with E-state index in [1.165, 1.54) is 35.9 Å². The Morgan fingerprint density at radius 1 is 1.45 bits per heavy atom. The van der Waals surface area contributed by atoms with Crippen LogP contribution in [0, 0.1) is 6.92 Å². The van der Waals surface area contributed by atoms with Crippen molar-refractivity contribution in [2.75, 3.05) is 5.75 Å². The Morgan fingerprint density at radius 3 is 2.80 bits per heavy atom. The van der Waals surface area contributed by atoms with Crippen molar-refractivity contribution in [1.29, 1.82) is 0 Å². The maximum Gasteiger partial charge on any atom is 0.308 e. The monoisotopic (exact) mass is 314 g/mol. The van der Waals surface area contributed by atoms with Gasteiger partial charge >= 0.3 is 5.97 Å². The van der Waals surface area contributed by atoms with Gasteiger partial charge in [0.1, 0.15) is 0 Å². The number of hydrogen-bond acceptors (Lipinski definition) is 5. The number of carboxylic acids is 1. The maximum absolute atomic E-state index is 11.8. The normalized spacial score (nSPS) is 15.4. The fraction of sp³-hybridized carbons (Fsp3) is 0.615.